The highest BCUT2D eigenvalue weighted by atomic mass is 16.5. The molecule has 2 heterocycles. The summed E-state index contributed by atoms with van der Waals surface area (Å²) in [5.74, 6) is 0.565. The highest BCUT2D eigenvalue weighted by Gasteiger charge is 2.43. The highest BCUT2D eigenvalue weighted by molar-refractivity contribution is 5.99. The van der Waals surface area contributed by atoms with E-state index in [1.165, 1.54) is 30.5 Å². The van der Waals surface area contributed by atoms with Crippen molar-refractivity contribution in [1.29, 1.82) is 0 Å². The van der Waals surface area contributed by atoms with Crippen molar-refractivity contribution in [1.82, 2.24) is 20.4 Å². The van der Waals surface area contributed by atoms with Crippen LogP contribution < -0.4 is 10.6 Å². The molecule has 7 heteroatoms. The summed E-state index contributed by atoms with van der Waals surface area (Å²) in [6.07, 6.45) is 8.33. The number of piperazine rings is 1. The molecule has 2 saturated heterocycles. The van der Waals surface area contributed by atoms with E-state index in [9.17, 15) is 9.59 Å². The fraction of sp³-hybridized carbons (Fsp3) is 0.512. The fourth-order valence-corrected chi connectivity index (χ4v) is 7.74. The molecule has 256 valence electrons. The molecule has 2 aliphatic heterocycles. The van der Waals surface area contributed by atoms with Crippen LogP contribution in [0.2, 0.25) is 0 Å². The first-order valence-electron chi connectivity index (χ1n) is 18.3. The van der Waals surface area contributed by atoms with E-state index in [1.807, 2.05) is 30.3 Å². The van der Waals surface area contributed by atoms with E-state index in [0.717, 1.165) is 95.1 Å². The summed E-state index contributed by atoms with van der Waals surface area (Å²) in [6, 6.07) is 26.6. The standard InChI is InChI=1S/C41H54N4O3/c1-32-11-13-35(14-12-32)36-15-17-37(18-16-36)39(46)43-41(21-5-6-22-41)40(47)42-38(30-33-8-3-2-4-9-33)10-7-23-44-24-26-45(27-25-44)31-34-19-28-48-29-20-34/h2-4,8-9,11-18,34,38H,5-7,10,19-31H2,1H3,(H,42,47)(H,43,46)/t38-/m0/s1. The van der Waals surface area contributed by atoms with Crippen LogP contribution in [0.1, 0.15) is 72.9 Å². The zero-order chi connectivity index (χ0) is 33.2. The van der Waals surface area contributed by atoms with Gasteiger partial charge in [-0.15, -0.1) is 0 Å². The van der Waals surface area contributed by atoms with Gasteiger partial charge in [0.1, 0.15) is 5.54 Å². The lowest BCUT2D eigenvalue weighted by atomic mass is 9.93. The number of amides is 2. The van der Waals surface area contributed by atoms with Crippen molar-refractivity contribution in [2.24, 2.45) is 5.92 Å². The van der Waals surface area contributed by atoms with Gasteiger partial charge in [-0.1, -0.05) is 85.1 Å². The van der Waals surface area contributed by atoms with Crippen molar-refractivity contribution in [3.8, 4) is 11.1 Å². The number of hydrogen-bond donors (Lipinski definition) is 2. The largest absolute Gasteiger partial charge is 0.381 e. The number of carbonyl (C=O) groups excluding carboxylic acids is 2. The minimum Gasteiger partial charge on any atom is -0.381 e. The molecule has 0 bridgehead atoms. The Kier molecular flexibility index (Phi) is 12.0. The minimum absolute atomic E-state index is 0.0119. The third-order valence-electron chi connectivity index (χ3n) is 10.8. The summed E-state index contributed by atoms with van der Waals surface area (Å²) in [5.41, 5.74) is 4.34. The molecule has 2 N–H and O–H groups in total. The maximum atomic E-state index is 14.1. The molecule has 7 nitrogen and oxygen atoms in total. The van der Waals surface area contributed by atoms with Gasteiger partial charge < -0.3 is 25.2 Å². The van der Waals surface area contributed by atoms with Crippen LogP contribution in [-0.4, -0.2) is 85.7 Å². The van der Waals surface area contributed by atoms with Crippen LogP contribution in [0.25, 0.3) is 11.1 Å². The lowest BCUT2D eigenvalue weighted by Crippen LogP contribution is -2.59. The van der Waals surface area contributed by atoms with Crippen molar-refractivity contribution in [3.63, 3.8) is 0 Å². The summed E-state index contributed by atoms with van der Waals surface area (Å²) in [5, 5.41) is 6.65. The Morgan fingerprint density at radius 2 is 1.46 bits per heavy atom. The highest BCUT2D eigenvalue weighted by Crippen LogP contribution is 2.31. The third kappa shape index (κ3) is 9.34. The van der Waals surface area contributed by atoms with E-state index in [-0.39, 0.29) is 17.9 Å². The van der Waals surface area contributed by atoms with Crippen molar-refractivity contribution in [3.05, 3.63) is 95.6 Å². The first-order chi connectivity index (χ1) is 23.5. The molecular weight excluding hydrogens is 596 g/mol. The first-order valence-corrected chi connectivity index (χ1v) is 18.3. The van der Waals surface area contributed by atoms with Crippen molar-refractivity contribution >= 4 is 11.8 Å². The molecule has 48 heavy (non-hydrogen) atoms. The molecule has 1 saturated carbocycles. The Hall–Kier alpha value is -3.52. The van der Waals surface area contributed by atoms with Gasteiger partial charge in [-0.2, -0.15) is 0 Å². The summed E-state index contributed by atoms with van der Waals surface area (Å²) < 4.78 is 5.55. The maximum Gasteiger partial charge on any atom is 0.252 e. The second-order valence-corrected chi connectivity index (χ2v) is 14.4. The van der Waals surface area contributed by atoms with Gasteiger partial charge in [0.15, 0.2) is 0 Å². The van der Waals surface area contributed by atoms with E-state index in [2.05, 4.69) is 75.9 Å². The molecule has 3 aliphatic rings. The average molecular weight is 651 g/mol. The van der Waals surface area contributed by atoms with Gasteiger partial charge in [0.2, 0.25) is 5.91 Å². The average Bonchev–Trinajstić information content (AvgIpc) is 3.60. The zero-order valence-electron chi connectivity index (χ0n) is 28.8. The lowest BCUT2D eigenvalue weighted by molar-refractivity contribution is -0.128. The predicted octanol–water partition coefficient (Wildman–Crippen LogP) is 6.26. The van der Waals surface area contributed by atoms with Gasteiger partial charge in [0.05, 0.1) is 0 Å². The number of nitrogens with one attached hydrogen (secondary N) is 2. The third-order valence-corrected chi connectivity index (χ3v) is 10.8. The Labute approximate surface area is 287 Å². The first kappa shape index (κ1) is 34.3. The predicted molar refractivity (Wildman–Crippen MR) is 193 cm³/mol. The smallest absolute Gasteiger partial charge is 0.252 e. The van der Waals surface area contributed by atoms with Gasteiger partial charge in [0.25, 0.3) is 5.91 Å². The van der Waals surface area contributed by atoms with Crippen LogP contribution in [0.3, 0.4) is 0 Å². The van der Waals surface area contributed by atoms with E-state index < -0.39 is 5.54 Å². The van der Waals surface area contributed by atoms with Gasteiger partial charge in [-0.25, -0.2) is 0 Å². The fourth-order valence-electron chi connectivity index (χ4n) is 7.74. The lowest BCUT2D eigenvalue weighted by Gasteiger charge is -2.37. The summed E-state index contributed by atoms with van der Waals surface area (Å²) in [4.78, 5) is 32.9. The van der Waals surface area contributed by atoms with Gasteiger partial charge in [-0.05, 0) is 93.2 Å². The van der Waals surface area contributed by atoms with Crippen LogP contribution in [0.5, 0.6) is 0 Å². The maximum absolute atomic E-state index is 14.1. The molecule has 3 aromatic rings. The Balaban J connectivity index is 1.04. The number of hydrogen-bond acceptors (Lipinski definition) is 5. The molecule has 0 radical (unpaired) electrons. The molecule has 0 spiro atoms. The second-order valence-electron chi connectivity index (χ2n) is 14.4. The SMILES string of the molecule is Cc1ccc(-c2ccc(C(=O)NC3(C(=O)N[C@@H](CCCN4CCN(CC5CCOCC5)CC4)Cc4ccccc4)CCCC3)cc2)cc1. The van der Waals surface area contributed by atoms with Crippen LogP contribution in [-0.2, 0) is 16.0 Å². The van der Waals surface area contributed by atoms with E-state index in [1.54, 1.807) is 0 Å². The summed E-state index contributed by atoms with van der Waals surface area (Å²) in [6.45, 7) is 10.7. The summed E-state index contributed by atoms with van der Waals surface area (Å²) >= 11 is 0. The van der Waals surface area contributed by atoms with Gasteiger partial charge in [-0.3, -0.25) is 9.59 Å². The van der Waals surface area contributed by atoms with Crippen molar-refractivity contribution in [2.45, 2.75) is 76.3 Å². The molecule has 1 atom stereocenters. The number of aryl methyl sites for hydroxylation is 1. The molecular formula is C41H54N4O3. The van der Waals surface area contributed by atoms with Crippen molar-refractivity contribution in [2.75, 3.05) is 52.5 Å². The molecule has 1 aliphatic carbocycles. The van der Waals surface area contributed by atoms with E-state index in [4.69, 9.17) is 4.74 Å². The van der Waals surface area contributed by atoms with Crippen LogP contribution in [0.15, 0.2) is 78.9 Å². The van der Waals surface area contributed by atoms with Crippen LogP contribution >= 0.6 is 0 Å². The number of nitrogens with zero attached hydrogens (tertiary/aromatic N) is 2. The Morgan fingerprint density at radius 3 is 2.12 bits per heavy atom. The normalized spacial score (nSPS) is 19.5. The number of carbonyl (C=O) groups is 2. The number of ether oxygens (including phenoxy) is 1. The van der Waals surface area contributed by atoms with E-state index in [0.29, 0.717) is 18.4 Å². The molecule has 6 rings (SSSR count). The van der Waals surface area contributed by atoms with Crippen LogP contribution in [0.4, 0.5) is 0 Å². The van der Waals surface area contributed by atoms with Crippen molar-refractivity contribution < 1.29 is 14.3 Å². The Bertz CT molecular complexity index is 1440. The summed E-state index contributed by atoms with van der Waals surface area (Å²) in [7, 11) is 0. The molecule has 3 fully saturated rings. The second kappa shape index (κ2) is 16.7. The minimum atomic E-state index is -0.873. The van der Waals surface area contributed by atoms with E-state index >= 15 is 0 Å². The zero-order valence-corrected chi connectivity index (χ0v) is 28.8. The molecule has 3 aromatic carbocycles. The topological polar surface area (TPSA) is 73.9 Å². The van der Waals surface area contributed by atoms with Gasteiger partial charge >= 0.3 is 0 Å². The molecule has 2 amide bonds. The van der Waals surface area contributed by atoms with Gasteiger partial charge in [0, 0.05) is 57.5 Å². The molecule has 0 aromatic heterocycles. The molecule has 0 unspecified atom stereocenters. The Morgan fingerprint density at radius 1 is 0.833 bits per heavy atom. The monoisotopic (exact) mass is 650 g/mol. The number of benzene rings is 3. The number of rotatable bonds is 13. The quantitative estimate of drug-likeness (QED) is 0.229. The van der Waals surface area contributed by atoms with Crippen LogP contribution in [0, 0.1) is 12.8 Å².